The largest absolute Gasteiger partial charge is 0.392 e. The number of benzene rings is 1. The van der Waals surface area contributed by atoms with Gasteiger partial charge >= 0.3 is 0 Å². The van der Waals surface area contributed by atoms with Gasteiger partial charge in [0.15, 0.2) is 0 Å². The Morgan fingerprint density at radius 3 is 2.14 bits per heavy atom. The standard InChI is InChI=1S/C16H24N2O3/c1-11(18-15(21)16(2,3)4)14(20)17-9-12-5-7-13(10-19)8-6-12/h5-8,11,19H,9-10H2,1-4H3,(H,17,20)(H,18,21). The molecule has 116 valence electrons. The lowest BCUT2D eigenvalue weighted by atomic mass is 9.95. The van der Waals surface area contributed by atoms with E-state index in [2.05, 4.69) is 10.6 Å². The second kappa shape index (κ2) is 7.22. The van der Waals surface area contributed by atoms with Crippen molar-refractivity contribution in [1.82, 2.24) is 10.6 Å². The first-order valence-corrected chi connectivity index (χ1v) is 7.01. The summed E-state index contributed by atoms with van der Waals surface area (Å²) >= 11 is 0. The fraction of sp³-hybridized carbons (Fsp3) is 0.500. The van der Waals surface area contributed by atoms with Gasteiger partial charge in [0.1, 0.15) is 6.04 Å². The van der Waals surface area contributed by atoms with E-state index in [1.54, 1.807) is 27.7 Å². The maximum atomic E-state index is 11.9. The molecule has 1 rings (SSSR count). The van der Waals surface area contributed by atoms with E-state index in [9.17, 15) is 9.59 Å². The van der Waals surface area contributed by atoms with Crippen LogP contribution in [-0.4, -0.2) is 23.0 Å². The monoisotopic (exact) mass is 292 g/mol. The van der Waals surface area contributed by atoms with E-state index < -0.39 is 11.5 Å². The first kappa shape index (κ1) is 17.2. The summed E-state index contributed by atoms with van der Waals surface area (Å²) in [5.41, 5.74) is 1.25. The van der Waals surface area contributed by atoms with Crippen LogP contribution in [0.15, 0.2) is 24.3 Å². The Kier molecular flexibility index (Phi) is 5.90. The summed E-state index contributed by atoms with van der Waals surface area (Å²) in [6, 6.07) is 6.75. The van der Waals surface area contributed by atoms with E-state index in [0.717, 1.165) is 11.1 Å². The Morgan fingerprint density at radius 1 is 1.14 bits per heavy atom. The molecule has 0 aliphatic rings. The molecule has 1 aromatic rings. The van der Waals surface area contributed by atoms with Crippen LogP contribution in [0.5, 0.6) is 0 Å². The highest BCUT2D eigenvalue weighted by molar-refractivity contribution is 5.89. The quantitative estimate of drug-likeness (QED) is 0.766. The van der Waals surface area contributed by atoms with Crippen molar-refractivity contribution < 1.29 is 14.7 Å². The van der Waals surface area contributed by atoms with Crippen molar-refractivity contribution in [1.29, 1.82) is 0 Å². The van der Waals surface area contributed by atoms with Crippen LogP contribution in [0, 0.1) is 5.41 Å². The molecule has 0 heterocycles. The van der Waals surface area contributed by atoms with Crippen LogP contribution in [0.3, 0.4) is 0 Å². The lowest BCUT2D eigenvalue weighted by molar-refractivity contribution is -0.133. The predicted octanol–water partition coefficient (Wildman–Crippen LogP) is 1.35. The number of amides is 2. The summed E-state index contributed by atoms with van der Waals surface area (Å²) in [6.45, 7) is 7.46. The maximum Gasteiger partial charge on any atom is 0.242 e. The summed E-state index contributed by atoms with van der Waals surface area (Å²) < 4.78 is 0. The molecule has 0 bridgehead atoms. The molecule has 0 saturated carbocycles. The molecule has 1 aromatic carbocycles. The van der Waals surface area contributed by atoms with Gasteiger partial charge in [0, 0.05) is 12.0 Å². The average molecular weight is 292 g/mol. The van der Waals surface area contributed by atoms with E-state index in [4.69, 9.17) is 5.11 Å². The molecule has 0 aliphatic heterocycles. The molecule has 5 heteroatoms. The molecule has 0 aliphatic carbocycles. The van der Waals surface area contributed by atoms with E-state index in [1.807, 2.05) is 24.3 Å². The van der Waals surface area contributed by atoms with Crippen molar-refractivity contribution in [2.24, 2.45) is 5.41 Å². The fourth-order valence-corrected chi connectivity index (χ4v) is 1.58. The Hall–Kier alpha value is -1.88. The van der Waals surface area contributed by atoms with E-state index in [-0.39, 0.29) is 18.4 Å². The summed E-state index contributed by atoms with van der Waals surface area (Å²) in [5, 5.41) is 14.4. The highest BCUT2D eigenvalue weighted by Gasteiger charge is 2.24. The fourth-order valence-electron chi connectivity index (χ4n) is 1.58. The SMILES string of the molecule is CC(NC(=O)C(C)(C)C)C(=O)NCc1ccc(CO)cc1. The first-order valence-electron chi connectivity index (χ1n) is 7.01. The van der Waals surface area contributed by atoms with E-state index >= 15 is 0 Å². The minimum atomic E-state index is -0.576. The summed E-state index contributed by atoms with van der Waals surface area (Å²) in [4.78, 5) is 23.7. The molecule has 0 fully saturated rings. The number of carbonyl (C=O) groups excluding carboxylic acids is 2. The van der Waals surface area contributed by atoms with Gasteiger partial charge < -0.3 is 15.7 Å². The van der Waals surface area contributed by atoms with Crippen LogP contribution >= 0.6 is 0 Å². The van der Waals surface area contributed by atoms with Crippen molar-refractivity contribution in [2.45, 2.75) is 46.9 Å². The lowest BCUT2D eigenvalue weighted by Crippen LogP contribution is -2.48. The minimum absolute atomic E-state index is 0.00249. The predicted molar refractivity (Wildman–Crippen MR) is 81.3 cm³/mol. The average Bonchev–Trinajstić information content (AvgIpc) is 2.44. The second-order valence-electron chi connectivity index (χ2n) is 6.14. The minimum Gasteiger partial charge on any atom is -0.392 e. The zero-order chi connectivity index (χ0) is 16.0. The third-order valence-corrected chi connectivity index (χ3v) is 3.09. The highest BCUT2D eigenvalue weighted by Crippen LogP contribution is 2.12. The van der Waals surface area contributed by atoms with Gasteiger partial charge in [-0.25, -0.2) is 0 Å². The van der Waals surface area contributed by atoms with Crippen LogP contribution in [0.25, 0.3) is 0 Å². The van der Waals surface area contributed by atoms with Gasteiger partial charge in [-0.3, -0.25) is 9.59 Å². The third kappa shape index (κ3) is 5.55. The summed E-state index contributed by atoms with van der Waals surface area (Å²) in [6.07, 6.45) is 0. The zero-order valence-corrected chi connectivity index (χ0v) is 13.1. The zero-order valence-electron chi connectivity index (χ0n) is 13.1. The molecular weight excluding hydrogens is 268 g/mol. The molecule has 0 saturated heterocycles. The molecule has 3 N–H and O–H groups in total. The second-order valence-corrected chi connectivity index (χ2v) is 6.14. The smallest absolute Gasteiger partial charge is 0.242 e. The number of aliphatic hydroxyl groups excluding tert-OH is 1. The van der Waals surface area contributed by atoms with E-state index in [1.165, 1.54) is 0 Å². The lowest BCUT2D eigenvalue weighted by Gasteiger charge is -2.21. The topological polar surface area (TPSA) is 78.4 Å². The molecule has 1 atom stereocenters. The molecule has 21 heavy (non-hydrogen) atoms. The molecule has 0 spiro atoms. The highest BCUT2D eigenvalue weighted by atomic mass is 16.3. The van der Waals surface area contributed by atoms with Crippen molar-refractivity contribution in [3.63, 3.8) is 0 Å². The number of carbonyl (C=O) groups is 2. The van der Waals surface area contributed by atoms with Gasteiger partial charge in [-0.2, -0.15) is 0 Å². The summed E-state index contributed by atoms with van der Waals surface area (Å²) in [5.74, 6) is -0.378. The number of rotatable bonds is 5. The molecular formula is C16H24N2O3. The molecule has 0 aromatic heterocycles. The van der Waals surface area contributed by atoms with Crippen LogP contribution in [-0.2, 0) is 22.7 Å². The number of hydrogen-bond donors (Lipinski definition) is 3. The number of nitrogens with one attached hydrogen (secondary N) is 2. The van der Waals surface area contributed by atoms with Crippen molar-refractivity contribution in [3.05, 3.63) is 35.4 Å². The van der Waals surface area contributed by atoms with Gasteiger partial charge in [-0.05, 0) is 18.1 Å². The molecule has 5 nitrogen and oxygen atoms in total. The number of aliphatic hydroxyl groups is 1. The maximum absolute atomic E-state index is 11.9. The molecule has 0 radical (unpaired) electrons. The van der Waals surface area contributed by atoms with Crippen LogP contribution < -0.4 is 10.6 Å². The summed E-state index contributed by atoms with van der Waals surface area (Å²) in [7, 11) is 0. The Labute approximate surface area is 125 Å². The van der Waals surface area contributed by atoms with Crippen LogP contribution in [0.1, 0.15) is 38.8 Å². The normalized spacial score (nSPS) is 12.6. The Morgan fingerprint density at radius 2 is 1.67 bits per heavy atom. The van der Waals surface area contributed by atoms with Crippen molar-refractivity contribution in [2.75, 3.05) is 0 Å². The number of hydrogen-bond acceptors (Lipinski definition) is 3. The van der Waals surface area contributed by atoms with Crippen LogP contribution in [0.2, 0.25) is 0 Å². The van der Waals surface area contributed by atoms with Gasteiger partial charge in [-0.15, -0.1) is 0 Å². The van der Waals surface area contributed by atoms with Gasteiger partial charge in [0.05, 0.1) is 6.61 Å². The van der Waals surface area contributed by atoms with Gasteiger partial charge in [0.2, 0.25) is 11.8 Å². The van der Waals surface area contributed by atoms with E-state index in [0.29, 0.717) is 6.54 Å². The molecule has 2 amide bonds. The van der Waals surface area contributed by atoms with Crippen molar-refractivity contribution in [3.8, 4) is 0 Å². The Balaban J connectivity index is 2.47. The van der Waals surface area contributed by atoms with Crippen LogP contribution in [0.4, 0.5) is 0 Å². The van der Waals surface area contributed by atoms with Gasteiger partial charge in [-0.1, -0.05) is 45.0 Å². The van der Waals surface area contributed by atoms with Gasteiger partial charge in [0.25, 0.3) is 0 Å². The first-order chi connectivity index (χ1) is 9.74. The molecule has 1 unspecified atom stereocenters. The van der Waals surface area contributed by atoms with Crippen molar-refractivity contribution >= 4 is 11.8 Å². The third-order valence-electron chi connectivity index (χ3n) is 3.09. The Bertz CT molecular complexity index is 489.